The number of carboxylic acids is 1. The number of carboxylic acid groups (broad SMARTS) is 1. The lowest BCUT2D eigenvalue weighted by Gasteiger charge is -2.11. The summed E-state index contributed by atoms with van der Waals surface area (Å²) in [6, 6.07) is -1.04. The normalized spacial score (nSPS) is 13.3. The molecule has 0 heterocycles. The Labute approximate surface area is 85.3 Å². The maximum Gasteiger partial charge on any atom is 0.266 e. The van der Waals surface area contributed by atoms with Crippen LogP contribution < -0.4 is 21.9 Å². The molecule has 0 aromatic carbocycles. The summed E-state index contributed by atoms with van der Waals surface area (Å²) in [7, 11) is 0. The van der Waals surface area contributed by atoms with Crippen LogP contribution in [0.15, 0.2) is 5.10 Å². The zero-order valence-corrected chi connectivity index (χ0v) is 7.88. The zero-order valence-electron chi connectivity index (χ0n) is 7.88. The Balaban J connectivity index is 3.63. The van der Waals surface area contributed by atoms with Crippen molar-refractivity contribution < 1.29 is 14.9 Å². The number of nitrogens with one attached hydrogen (secondary N) is 1. The Bertz CT molecular complexity index is 266. The molecule has 0 radical (unpaired) electrons. The number of nitrogens with zero attached hydrogens (tertiary/aromatic N) is 2. The van der Waals surface area contributed by atoms with Crippen LogP contribution in [0.5, 0.6) is 0 Å². The highest BCUT2D eigenvalue weighted by Gasteiger charge is 2.03. The van der Waals surface area contributed by atoms with Crippen LogP contribution in [0, 0.1) is 10.1 Å². The lowest BCUT2D eigenvalue weighted by molar-refractivity contribution is -0.485. The van der Waals surface area contributed by atoms with Gasteiger partial charge in [0.1, 0.15) is 5.10 Å². The highest BCUT2D eigenvalue weighted by atomic mass is 16.7. The minimum Gasteiger partial charge on any atom is -0.548 e. The number of guanidine groups is 1. The monoisotopic (exact) mass is 218 g/mol. The summed E-state index contributed by atoms with van der Waals surface area (Å²) in [6.07, 6.45) is 0.587. The summed E-state index contributed by atoms with van der Waals surface area (Å²) in [5.74, 6) is -1.66. The highest BCUT2D eigenvalue weighted by molar-refractivity contribution is 5.77. The minimum absolute atomic E-state index is 0.196. The Kier molecular flexibility index (Phi) is 5.71. The van der Waals surface area contributed by atoms with E-state index < -0.39 is 17.0 Å². The van der Waals surface area contributed by atoms with Crippen molar-refractivity contribution in [3.8, 4) is 0 Å². The van der Waals surface area contributed by atoms with Crippen molar-refractivity contribution >= 4 is 11.9 Å². The third-order valence-electron chi connectivity index (χ3n) is 1.49. The molecule has 0 aromatic rings. The topological polar surface area (TPSA) is 160 Å². The summed E-state index contributed by atoms with van der Waals surface area (Å²) in [5.41, 5.74) is 10.2. The van der Waals surface area contributed by atoms with Gasteiger partial charge in [-0.15, -0.1) is 0 Å². The third kappa shape index (κ3) is 7.19. The fourth-order valence-corrected chi connectivity index (χ4v) is 0.780. The maximum absolute atomic E-state index is 10.2. The second kappa shape index (κ2) is 6.54. The molecule has 0 fully saturated rings. The Morgan fingerprint density at radius 3 is 2.67 bits per heavy atom. The van der Waals surface area contributed by atoms with Crippen LogP contribution in [0.4, 0.5) is 0 Å². The lowest BCUT2D eigenvalue weighted by Crippen LogP contribution is -2.42. The minimum atomic E-state index is -1.33. The van der Waals surface area contributed by atoms with Crippen LogP contribution in [0.1, 0.15) is 12.8 Å². The molecule has 0 aliphatic heterocycles. The third-order valence-corrected chi connectivity index (χ3v) is 1.49. The maximum atomic E-state index is 10.2. The van der Waals surface area contributed by atoms with E-state index in [0.717, 1.165) is 0 Å². The molecule has 1 atom stereocenters. The molecule has 86 valence electrons. The van der Waals surface area contributed by atoms with E-state index in [2.05, 4.69) is 10.4 Å². The number of nitrogens with two attached hydrogens (primary N) is 2. The molecule has 0 aliphatic rings. The predicted octanol–water partition coefficient (Wildman–Crippen LogP) is -3.06. The first-order valence-electron chi connectivity index (χ1n) is 4.12. The Morgan fingerprint density at radius 2 is 2.20 bits per heavy atom. The van der Waals surface area contributed by atoms with Gasteiger partial charge >= 0.3 is 0 Å². The highest BCUT2D eigenvalue weighted by Crippen LogP contribution is 1.91. The molecular weight excluding hydrogens is 206 g/mol. The summed E-state index contributed by atoms with van der Waals surface area (Å²) in [4.78, 5) is 20.0. The van der Waals surface area contributed by atoms with Gasteiger partial charge in [0.2, 0.25) is 0 Å². The lowest BCUT2D eigenvalue weighted by atomic mass is 10.2. The molecule has 0 rings (SSSR count). The largest absolute Gasteiger partial charge is 0.548 e. The molecule has 0 aromatic heterocycles. The van der Waals surface area contributed by atoms with Gasteiger partial charge in [-0.25, -0.2) is 10.1 Å². The first-order valence-corrected chi connectivity index (χ1v) is 4.12. The van der Waals surface area contributed by atoms with Crippen LogP contribution in [-0.2, 0) is 4.79 Å². The van der Waals surface area contributed by atoms with Gasteiger partial charge in [-0.2, -0.15) is 0 Å². The molecule has 1 unspecified atom stereocenters. The van der Waals surface area contributed by atoms with Crippen LogP contribution in [0.3, 0.4) is 0 Å². The van der Waals surface area contributed by atoms with Crippen molar-refractivity contribution in [2.75, 3.05) is 6.54 Å². The zero-order chi connectivity index (χ0) is 11.8. The van der Waals surface area contributed by atoms with Gasteiger partial charge < -0.3 is 26.7 Å². The molecular formula is C6H12N5O4-. The standard InChI is InChI=1S/C6H13N5O4/c7-4(5(12)13)2-1-3-9-6(8)10-11(14)15/h4H,1-3,7H2,(H,12,13)(H3,8,9,10)/p-1. The van der Waals surface area contributed by atoms with Crippen LogP contribution in [0.2, 0.25) is 0 Å². The first-order chi connectivity index (χ1) is 6.93. The second-order valence-corrected chi connectivity index (χ2v) is 2.72. The van der Waals surface area contributed by atoms with E-state index in [1.807, 2.05) is 0 Å². The van der Waals surface area contributed by atoms with Gasteiger partial charge in [0, 0.05) is 12.6 Å². The van der Waals surface area contributed by atoms with E-state index in [4.69, 9.17) is 11.5 Å². The molecule has 9 nitrogen and oxygen atoms in total. The molecule has 15 heavy (non-hydrogen) atoms. The van der Waals surface area contributed by atoms with E-state index in [1.165, 1.54) is 0 Å². The van der Waals surface area contributed by atoms with Gasteiger partial charge in [-0.05, 0) is 12.8 Å². The summed E-state index contributed by atoms with van der Waals surface area (Å²) in [5, 5.41) is 24.3. The number of rotatable bonds is 6. The quantitative estimate of drug-likeness (QED) is 0.140. The fourth-order valence-electron chi connectivity index (χ4n) is 0.780. The fraction of sp³-hybridized carbons (Fsp3) is 0.667. The molecule has 0 saturated carbocycles. The SMILES string of the molecule is N/C(=N\[N+](=O)[O-])NCCCC(N)C(=O)[O-]. The number of hydrogen-bond donors (Lipinski definition) is 3. The molecule has 0 aliphatic carbocycles. The van der Waals surface area contributed by atoms with Crippen molar-refractivity contribution in [2.24, 2.45) is 16.6 Å². The smallest absolute Gasteiger partial charge is 0.266 e. The van der Waals surface area contributed by atoms with Gasteiger partial charge in [-0.1, -0.05) is 0 Å². The van der Waals surface area contributed by atoms with Crippen LogP contribution in [0.25, 0.3) is 0 Å². The molecule has 0 amide bonds. The summed E-state index contributed by atoms with van der Waals surface area (Å²) < 4.78 is 0. The van der Waals surface area contributed by atoms with Gasteiger partial charge in [0.15, 0.2) is 5.03 Å². The van der Waals surface area contributed by atoms with Crippen molar-refractivity contribution in [1.82, 2.24) is 5.32 Å². The number of aliphatic carboxylic acids is 1. The molecule has 0 saturated heterocycles. The average Bonchev–Trinajstić information content (AvgIpc) is 2.10. The number of hydrogen-bond acceptors (Lipinski definition) is 5. The van der Waals surface area contributed by atoms with E-state index in [-0.39, 0.29) is 18.9 Å². The van der Waals surface area contributed by atoms with Crippen molar-refractivity contribution in [1.29, 1.82) is 0 Å². The Morgan fingerprint density at radius 1 is 1.60 bits per heavy atom. The van der Waals surface area contributed by atoms with E-state index in [1.54, 1.807) is 0 Å². The van der Waals surface area contributed by atoms with E-state index in [0.29, 0.717) is 6.42 Å². The van der Waals surface area contributed by atoms with Gasteiger partial charge in [-0.3, -0.25) is 0 Å². The molecule has 0 bridgehead atoms. The first kappa shape index (κ1) is 13.1. The van der Waals surface area contributed by atoms with Crippen LogP contribution in [-0.4, -0.2) is 29.5 Å². The predicted molar refractivity (Wildman–Crippen MR) is 48.8 cm³/mol. The Hall–Kier alpha value is -1.90. The van der Waals surface area contributed by atoms with Crippen molar-refractivity contribution in [3.63, 3.8) is 0 Å². The average molecular weight is 218 g/mol. The summed E-state index contributed by atoms with van der Waals surface area (Å²) >= 11 is 0. The van der Waals surface area contributed by atoms with Crippen molar-refractivity contribution in [3.05, 3.63) is 10.1 Å². The van der Waals surface area contributed by atoms with E-state index >= 15 is 0 Å². The second-order valence-electron chi connectivity index (χ2n) is 2.72. The molecule has 9 heteroatoms. The number of hydrazone groups is 1. The number of carbonyl (C=O) groups excluding carboxylic acids is 1. The van der Waals surface area contributed by atoms with Gasteiger partial charge in [0.25, 0.3) is 5.96 Å². The molecule has 0 spiro atoms. The van der Waals surface area contributed by atoms with Gasteiger partial charge in [0.05, 0.1) is 5.97 Å². The summed E-state index contributed by atoms with van der Waals surface area (Å²) in [6.45, 7) is 0.254. The van der Waals surface area contributed by atoms with Crippen LogP contribution >= 0.6 is 0 Å². The number of nitro groups is 1. The van der Waals surface area contributed by atoms with Crippen molar-refractivity contribution in [2.45, 2.75) is 18.9 Å². The number of carbonyl (C=O) groups is 1. The molecule has 5 N–H and O–H groups in total. The van der Waals surface area contributed by atoms with E-state index in [9.17, 15) is 20.0 Å².